The van der Waals surface area contributed by atoms with E-state index in [0.29, 0.717) is 11.5 Å². The molecule has 0 aliphatic heterocycles. The molecule has 1 aromatic rings. The van der Waals surface area contributed by atoms with Crippen molar-refractivity contribution in [2.45, 2.75) is 72.8 Å². The van der Waals surface area contributed by atoms with Crippen LogP contribution in [-0.2, 0) is 0 Å². The number of anilines is 1. The first-order valence-electron chi connectivity index (χ1n) is 8.20. The van der Waals surface area contributed by atoms with Crippen molar-refractivity contribution in [3.63, 3.8) is 0 Å². The zero-order valence-electron chi connectivity index (χ0n) is 13.9. The molecule has 0 heterocycles. The zero-order valence-corrected chi connectivity index (χ0v) is 13.9. The first kappa shape index (κ1) is 15.4. The maximum Gasteiger partial charge on any atom is 0.0374 e. The lowest BCUT2D eigenvalue weighted by Gasteiger charge is -2.29. The second kappa shape index (κ2) is 6.20. The molecule has 1 saturated carbocycles. The number of benzene rings is 1. The number of hydrogen-bond donors (Lipinski definition) is 1. The van der Waals surface area contributed by atoms with Gasteiger partial charge in [0.1, 0.15) is 0 Å². The van der Waals surface area contributed by atoms with Crippen LogP contribution >= 0.6 is 0 Å². The molecule has 1 heteroatoms. The van der Waals surface area contributed by atoms with E-state index in [4.69, 9.17) is 0 Å². The van der Waals surface area contributed by atoms with E-state index in [1.807, 2.05) is 0 Å². The van der Waals surface area contributed by atoms with Gasteiger partial charge in [0, 0.05) is 11.7 Å². The summed E-state index contributed by atoms with van der Waals surface area (Å²) in [5.41, 5.74) is 4.60. The minimum atomic E-state index is 0.466. The van der Waals surface area contributed by atoms with E-state index >= 15 is 0 Å². The van der Waals surface area contributed by atoms with Crippen molar-refractivity contribution in [3.8, 4) is 0 Å². The summed E-state index contributed by atoms with van der Waals surface area (Å²) in [6.07, 6.45) is 6.76. The number of nitrogens with one attached hydrogen (secondary N) is 1. The minimum Gasteiger partial charge on any atom is -0.382 e. The van der Waals surface area contributed by atoms with Crippen LogP contribution in [0.2, 0.25) is 0 Å². The highest BCUT2D eigenvalue weighted by molar-refractivity contribution is 5.54. The van der Waals surface area contributed by atoms with Crippen LogP contribution in [-0.4, -0.2) is 6.04 Å². The molecule has 1 aliphatic carbocycles. The van der Waals surface area contributed by atoms with Crippen molar-refractivity contribution in [1.82, 2.24) is 0 Å². The first-order chi connectivity index (χ1) is 9.38. The Labute approximate surface area is 125 Å². The number of rotatable bonds is 2. The Balaban J connectivity index is 1.99. The van der Waals surface area contributed by atoms with Gasteiger partial charge in [0.15, 0.2) is 0 Å². The molecule has 0 bridgehead atoms. The van der Waals surface area contributed by atoms with Gasteiger partial charge in [-0.1, -0.05) is 39.3 Å². The predicted octanol–water partition coefficient (Wildman–Crippen LogP) is 5.71. The maximum absolute atomic E-state index is 3.80. The van der Waals surface area contributed by atoms with Crippen molar-refractivity contribution in [1.29, 1.82) is 0 Å². The van der Waals surface area contributed by atoms with E-state index < -0.39 is 0 Å². The normalized spacial score (nSPS) is 24.2. The Morgan fingerprint density at radius 3 is 2.45 bits per heavy atom. The molecule has 2 rings (SSSR count). The van der Waals surface area contributed by atoms with Gasteiger partial charge >= 0.3 is 0 Å². The van der Waals surface area contributed by atoms with E-state index in [2.05, 4.69) is 58.1 Å². The standard InChI is InChI=1S/C19H31N/c1-14-8-6-11-18(15(14)2)20-17-10-7-9-16(12-13-17)19(3,4)5/h6,8,11,16-17,20H,7,9-10,12-13H2,1-5H3. The topological polar surface area (TPSA) is 12.0 Å². The summed E-state index contributed by atoms with van der Waals surface area (Å²) < 4.78 is 0. The Morgan fingerprint density at radius 1 is 1.00 bits per heavy atom. The molecule has 20 heavy (non-hydrogen) atoms. The van der Waals surface area contributed by atoms with Gasteiger partial charge < -0.3 is 5.32 Å². The Hall–Kier alpha value is -0.980. The molecule has 1 aromatic carbocycles. The molecule has 1 aliphatic rings. The lowest BCUT2D eigenvalue weighted by atomic mass is 9.76. The third-order valence-electron chi connectivity index (χ3n) is 5.16. The summed E-state index contributed by atoms with van der Waals surface area (Å²) >= 11 is 0. The summed E-state index contributed by atoms with van der Waals surface area (Å²) in [4.78, 5) is 0. The van der Waals surface area contributed by atoms with Gasteiger partial charge in [-0.25, -0.2) is 0 Å². The summed E-state index contributed by atoms with van der Waals surface area (Å²) in [6, 6.07) is 7.25. The summed E-state index contributed by atoms with van der Waals surface area (Å²) in [6.45, 7) is 11.6. The molecule has 0 saturated heterocycles. The number of hydrogen-bond acceptors (Lipinski definition) is 1. The molecule has 1 N–H and O–H groups in total. The molecular weight excluding hydrogens is 242 g/mol. The predicted molar refractivity (Wildman–Crippen MR) is 89.4 cm³/mol. The molecule has 112 valence electrons. The molecule has 0 aromatic heterocycles. The van der Waals surface area contributed by atoms with Crippen molar-refractivity contribution in [2.24, 2.45) is 11.3 Å². The molecule has 2 atom stereocenters. The highest BCUT2D eigenvalue weighted by atomic mass is 14.9. The smallest absolute Gasteiger partial charge is 0.0374 e. The Bertz CT molecular complexity index is 442. The van der Waals surface area contributed by atoms with Crippen molar-refractivity contribution < 1.29 is 0 Å². The molecule has 0 spiro atoms. The van der Waals surface area contributed by atoms with E-state index in [9.17, 15) is 0 Å². The monoisotopic (exact) mass is 273 g/mol. The van der Waals surface area contributed by atoms with Crippen molar-refractivity contribution in [2.75, 3.05) is 5.32 Å². The first-order valence-corrected chi connectivity index (χ1v) is 8.20. The summed E-state index contributed by atoms with van der Waals surface area (Å²) in [5.74, 6) is 0.882. The van der Waals surface area contributed by atoms with Crippen LogP contribution in [0.15, 0.2) is 18.2 Å². The van der Waals surface area contributed by atoms with Gasteiger partial charge in [-0.15, -0.1) is 0 Å². The highest BCUT2D eigenvalue weighted by Crippen LogP contribution is 2.37. The largest absolute Gasteiger partial charge is 0.382 e. The summed E-state index contributed by atoms with van der Waals surface area (Å²) in [7, 11) is 0. The van der Waals surface area contributed by atoms with E-state index in [0.717, 1.165) is 5.92 Å². The van der Waals surface area contributed by atoms with Crippen molar-refractivity contribution in [3.05, 3.63) is 29.3 Å². The van der Waals surface area contributed by atoms with Crippen LogP contribution in [0.3, 0.4) is 0 Å². The molecule has 1 nitrogen and oxygen atoms in total. The van der Waals surface area contributed by atoms with Gasteiger partial charge in [0.2, 0.25) is 0 Å². The zero-order chi connectivity index (χ0) is 14.8. The van der Waals surface area contributed by atoms with Crippen LogP contribution < -0.4 is 5.32 Å². The fraction of sp³-hybridized carbons (Fsp3) is 0.684. The average molecular weight is 273 g/mol. The quantitative estimate of drug-likeness (QED) is 0.680. The highest BCUT2D eigenvalue weighted by Gasteiger charge is 2.27. The van der Waals surface area contributed by atoms with Gasteiger partial charge in [-0.2, -0.15) is 0 Å². The van der Waals surface area contributed by atoms with Crippen LogP contribution in [0, 0.1) is 25.2 Å². The Morgan fingerprint density at radius 2 is 1.75 bits per heavy atom. The van der Waals surface area contributed by atoms with E-state index in [1.165, 1.54) is 48.9 Å². The third-order valence-corrected chi connectivity index (χ3v) is 5.16. The lowest BCUT2D eigenvalue weighted by molar-refractivity contribution is 0.214. The maximum atomic E-state index is 3.80. The number of aryl methyl sites for hydroxylation is 1. The van der Waals surface area contributed by atoms with Gasteiger partial charge in [-0.05, 0) is 68.1 Å². The molecule has 0 amide bonds. The fourth-order valence-electron chi connectivity index (χ4n) is 3.44. The van der Waals surface area contributed by atoms with Gasteiger partial charge in [0.05, 0.1) is 0 Å². The van der Waals surface area contributed by atoms with Crippen molar-refractivity contribution >= 4 is 5.69 Å². The lowest BCUT2D eigenvalue weighted by Crippen LogP contribution is -2.22. The van der Waals surface area contributed by atoms with Crippen LogP contribution in [0.5, 0.6) is 0 Å². The molecule has 2 unspecified atom stereocenters. The average Bonchev–Trinajstić information content (AvgIpc) is 2.60. The SMILES string of the molecule is Cc1cccc(NC2CCCC(C(C)(C)C)CC2)c1C. The van der Waals surface area contributed by atoms with Gasteiger partial charge in [-0.3, -0.25) is 0 Å². The molecular formula is C19H31N. The van der Waals surface area contributed by atoms with Crippen LogP contribution in [0.4, 0.5) is 5.69 Å². The van der Waals surface area contributed by atoms with E-state index in [-0.39, 0.29) is 0 Å². The van der Waals surface area contributed by atoms with Gasteiger partial charge in [0.25, 0.3) is 0 Å². The second-order valence-electron chi connectivity index (χ2n) is 7.66. The van der Waals surface area contributed by atoms with Crippen LogP contribution in [0.25, 0.3) is 0 Å². The molecule has 1 fully saturated rings. The van der Waals surface area contributed by atoms with Crippen LogP contribution in [0.1, 0.15) is 64.0 Å². The minimum absolute atomic E-state index is 0.466. The summed E-state index contributed by atoms with van der Waals surface area (Å²) in [5, 5.41) is 3.80. The second-order valence-corrected chi connectivity index (χ2v) is 7.66. The van der Waals surface area contributed by atoms with E-state index in [1.54, 1.807) is 0 Å². The Kier molecular flexibility index (Phi) is 4.78. The third kappa shape index (κ3) is 3.77. The molecule has 0 radical (unpaired) electrons. The fourth-order valence-corrected chi connectivity index (χ4v) is 3.44.